The Labute approximate surface area is 102 Å². The highest BCUT2D eigenvalue weighted by atomic mass is 16.5. The van der Waals surface area contributed by atoms with Crippen molar-refractivity contribution >= 4 is 11.9 Å². The van der Waals surface area contributed by atoms with Gasteiger partial charge in [0.15, 0.2) is 0 Å². The van der Waals surface area contributed by atoms with Gasteiger partial charge in [-0.25, -0.2) is 14.4 Å². The normalized spacial score (nSPS) is 9.89. The first kappa shape index (κ1) is 13.8. The second-order valence-electron chi connectivity index (χ2n) is 3.10. The SMILES string of the molecule is CCOC(=O)c1coc(=O)c(O)c1C(=O)OCC. The van der Waals surface area contributed by atoms with Crippen molar-refractivity contribution in [3.63, 3.8) is 0 Å². The lowest BCUT2D eigenvalue weighted by molar-refractivity contribution is 0.0471. The molecule has 0 fully saturated rings. The third-order valence-electron chi connectivity index (χ3n) is 1.96. The van der Waals surface area contributed by atoms with Crippen LogP contribution in [0.5, 0.6) is 5.75 Å². The molecule has 1 N–H and O–H groups in total. The van der Waals surface area contributed by atoms with E-state index in [1.807, 2.05) is 0 Å². The highest BCUT2D eigenvalue weighted by Gasteiger charge is 2.26. The average Bonchev–Trinajstić information content (AvgIpc) is 2.32. The zero-order valence-electron chi connectivity index (χ0n) is 9.89. The van der Waals surface area contributed by atoms with Crippen LogP contribution in [-0.4, -0.2) is 30.3 Å². The van der Waals surface area contributed by atoms with Gasteiger partial charge in [0.05, 0.1) is 13.2 Å². The molecule has 18 heavy (non-hydrogen) atoms. The fourth-order valence-corrected chi connectivity index (χ4v) is 1.23. The summed E-state index contributed by atoms with van der Waals surface area (Å²) in [6, 6.07) is 0. The molecule has 0 aliphatic heterocycles. The van der Waals surface area contributed by atoms with Crippen LogP contribution in [0.15, 0.2) is 15.5 Å². The molecule has 1 aromatic heterocycles. The predicted molar refractivity (Wildman–Crippen MR) is 58.6 cm³/mol. The van der Waals surface area contributed by atoms with Crippen molar-refractivity contribution < 1.29 is 28.6 Å². The molecule has 0 unspecified atom stereocenters. The van der Waals surface area contributed by atoms with Gasteiger partial charge < -0.3 is 19.0 Å². The van der Waals surface area contributed by atoms with Crippen molar-refractivity contribution in [3.05, 3.63) is 27.8 Å². The Morgan fingerprint density at radius 1 is 1.22 bits per heavy atom. The average molecular weight is 256 g/mol. The summed E-state index contributed by atoms with van der Waals surface area (Å²) in [5, 5.41) is 9.48. The first-order valence-corrected chi connectivity index (χ1v) is 5.21. The number of hydrogen-bond acceptors (Lipinski definition) is 7. The predicted octanol–water partition coefficient (Wildman–Crippen LogP) is 0.699. The van der Waals surface area contributed by atoms with Crippen molar-refractivity contribution in [2.75, 3.05) is 13.2 Å². The molecule has 0 atom stereocenters. The first-order chi connectivity index (χ1) is 8.52. The molecule has 0 saturated carbocycles. The van der Waals surface area contributed by atoms with Gasteiger partial charge in [0.1, 0.15) is 17.4 Å². The molecule has 7 nitrogen and oxygen atoms in total. The summed E-state index contributed by atoms with van der Waals surface area (Å²) >= 11 is 0. The van der Waals surface area contributed by atoms with Gasteiger partial charge in [-0.15, -0.1) is 0 Å². The van der Waals surface area contributed by atoms with Crippen LogP contribution in [-0.2, 0) is 9.47 Å². The summed E-state index contributed by atoms with van der Waals surface area (Å²) in [4.78, 5) is 34.2. The molecule has 0 aliphatic carbocycles. The molecule has 0 bridgehead atoms. The van der Waals surface area contributed by atoms with Crippen LogP contribution in [0, 0.1) is 0 Å². The molecule has 0 aliphatic rings. The minimum Gasteiger partial charge on any atom is -0.501 e. The van der Waals surface area contributed by atoms with Gasteiger partial charge in [0.2, 0.25) is 5.75 Å². The molecule has 0 saturated heterocycles. The van der Waals surface area contributed by atoms with Crippen LogP contribution >= 0.6 is 0 Å². The third kappa shape index (κ3) is 2.68. The summed E-state index contributed by atoms with van der Waals surface area (Å²) < 4.78 is 13.7. The summed E-state index contributed by atoms with van der Waals surface area (Å²) in [5.41, 5.74) is -2.04. The minimum absolute atomic E-state index is 0.0285. The molecule has 7 heteroatoms. The Morgan fingerprint density at radius 2 is 1.78 bits per heavy atom. The second kappa shape index (κ2) is 5.85. The molecule has 0 radical (unpaired) electrons. The lowest BCUT2D eigenvalue weighted by Gasteiger charge is -2.08. The van der Waals surface area contributed by atoms with Crippen LogP contribution in [0.4, 0.5) is 0 Å². The van der Waals surface area contributed by atoms with Gasteiger partial charge in [-0.1, -0.05) is 0 Å². The van der Waals surface area contributed by atoms with E-state index >= 15 is 0 Å². The highest BCUT2D eigenvalue weighted by Crippen LogP contribution is 2.19. The van der Waals surface area contributed by atoms with E-state index in [0.29, 0.717) is 0 Å². The monoisotopic (exact) mass is 256 g/mol. The van der Waals surface area contributed by atoms with Crippen molar-refractivity contribution in [2.24, 2.45) is 0 Å². The fraction of sp³-hybridized carbons (Fsp3) is 0.364. The maximum absolute atomic E-state index is 11.6. The van der Waals surface area contributed by atoms with Gasteiger partial charge in [-0.05, 0) is 13.8 Å². The largest absolute Gasteiger partial charge is 0.501 e. The van der Waals surface area contributed by atoms with Gasteiger partial charge in [0.25, 0.3) is 0 Å². The van der Waals surface area contributed by atoms with E-state index in [2.05, 4.69) is 13.9 Å². The van der Waals surface area contributed by atoms with Crippen molar-refractivity contribution in [1.29, 1.82) is 0 Å². The van der Waals surface area contributed by atoms with E-state index in [1.54, 1.807) is 13.8 Å². The maximum Gasteiger partial charge on any atom is 0.379 e. The van der Waals surface area contributed by atoms with Gasteiger partial charge in [-0.3, -0.25) is 0 Å². The smallest absolute Gasteiger partial charge is 0.379 e. The topological polar surface area (TPSA) is 103 Å². The molecule has 1 heterocycles. The Morgan fingerprint density at radius 3 is 2.33 bits per heavy atom. The van der Waals surface area contributed by atoms with E-state index in [0.717, 1.165) is 6.26 Å². The van der Waals surface area contributed by atoms with Gasteiger partial charge >= 0.3 is 17.6 Å². The lowest BCUT2D eigenvalue weighted by Crippen LogP contribution is -2.17. The first-order valence-electron chi connectivity index (χ1n) is 5.21. The van der Waals surface area contributed by atoms with Crippen LogP contribution in [0.25, 0.3) is 0 Å². The second-order valence-corrected chi connectivity index (χ2v) is 3.10. The molecule has 0 aromatic carbocycles. The van der Waals surface area contributed by atoms with E-state index in [1.165, 1.54) is 0 Å². The van der Waals surface area contributed by atoms with E-state index in [4.69, 9.17) is 0 Å². The zero-order valence-corrected chi connectivity index (χ0v) is 9.89. The molecule has 0 spiro atoms. The molecule has 1 rings (SSSR count). The van der Waals surface area contributed by atoms with E-state index in [-0.39, 0.29) is 18.8 Å². The number of hydrogen-bond donors (Lipinski definition) is 1. The van der Waals surface area contributed by atoms with E-state index in [9.17, 15) is 19.5 Å². The van der Waals surface area contributed by atoms with Crippen LogP contribution in [0.2, 0.25) is 0 Å². The Hall–Kier alpha value is -2.31. The van der Waals surface area contributed by atoms with Crippen LogP contribution in [0.3, 0.4) is 0 Å². The molecule has 0 amide bonds. The third-order valence-corrected chi connectivity index (χ3v) is 1.96. The molecule has 98 valence electrons. The van der Waals surface area contributed by atoms with Crippen molar-refractivity contribution in [2.45, 2.75) is 13.8 Å². The minimum atomic E-state index is -1.13. The summed E-state index contributed by atoms with van der Waals surface area (Å²) in [6.07, 6.45) is 0.756. The Bertz CT molecular complexity index is 515. The van der Waals surface area contributed by atoms with Crippen LogP contribution < -0.4 is 5.63 Å². The Balaban J connectivity index is 3.34. The Kier molecular flexibility index (Phi) is 4.47. The van der Waals surface area contributed by atoms with Gasteiger partial charge in [0, 0.05) is 0 Å². The lowest BCUT2D eigenvalue weighted by atomic mass is 10.1. The number of rotatable bonds is 4. The van der Waals surface area contributed by atoms with Crippen molar-refractivity contribution in [3.8, 4) is 5.75 Å². The standard InChI is InChI=1S/C11H12O7/c1-3-16-9(13)6-5-18-11(15)8(12)7(6)10(14)17-4-2/h5,12H,3-4H2,1-2H3. The van der Waals surface area contributed by atoms with Gasteiger partial charge in [-0.2, -0.15) is 0 Å². The zero-order chi connectivity index (χ0) is 13.7. The molecular weight excluding hydrogens is 244 g/mol. The number of carbonyl (C=O) groups excluding carboxylic acids is 2. The summed E-state index contributed by atoms with van der Waals surface area (Å²) in [7, 11) is 0. The highest BCUT2D eigenvalue weighted by molar-refractivity contribution is 6.04. The fourth-order valence-electron chi connectivity index (χ4n) is 1.23. The molecule has 1 aromatic rings. The quantitative estimate of drug-likeness (QED) is 0.790. The number of esters is 2. The summed E-state index contributed by atoms with van der Waals surface area (Å²) in [6.45, 7) is 3.22. The maximum atomic E-state index is 11.6. The number of carbonyl (C=O) groups is 2. The number of aromatic hydroxyl groups is 1. The van der Waals surface area contributed by atoms with Crippen LogP contribution in [0.1, 0.15) is 34.6 Å². The van der Waals surface area contributed by atoms with E-state index < -0.39 is 28.9 Å². The van der Waals surface area contributed by atoms with Crippen molar-refractivity contribution in [1.82, 2.24) is 0 Å². The number of ether oxygens (including phenoxy) is 2. The summed E-state index contributed by atoms with van der Waals surface area (Å²) in [5.74, 6) is -2.86. The molecular formula is C11H12O7.